The third-order valence-corrected chi connectivity index (χ3v) is 6.32. The first-order valence-corrected chi connectivity index (χ1v) is 11.2. The van der Waals surface area contributed by atoms with Gasteiger partial charge in [-0.1, -0.05) is 59.8 Å². The number of benzene rings is 3. The van der Waals surface area contributed by atoms with Gasteiger partial charge in [0.2, 0.25) is 0 Å². The lowest BCUT2D eigenvalue weighted by atomic mass is 10.1. The lowest BCUT2D eigenvalue weighted by molar-refractivity contribution is 0.143. The Labute approximate surface area is 182 Å². The van der Waals surface area contributed by atoms with Crippen molar-refractivity contribution in [3.8, 4) is 11.8 Å². The van der Waals surface area contributed by atoms with Crippen molar-refractivity contribution in [3.05, 3.63) is 95.0 Å². The van der Waals surface area contributed by atoms with Gasteiger partial charge in [0.1, 0.15) is 5.60 Å². The van der Waals surface area contributed by atoms with E-state index in [0.717, 1.165) is 5.56 Å². The van der Waals surface area contributed by atoms with Gasteiger partial charge in [0, 0.05) is 10.6 Å². The smallest absolute Gasteiger partial charge is 0.264 e. The first kappa shape index (κ1) is 21.9. The first-order valence-electron chi connectivity index (χ1n) is 9.34. The van der Waals surface area contributed by atoms with Gasteiger partial charge in [0.15, 0.2) is 0 Å². The Morgan fingerprint density at radius 2 is 1.53 bits per heavy atom. The highest BCUT2D eigenvalue weighted by Gasteiger charge is 2.25. The summed E-state index contributed by atoms with van der Waals surface area (Å²) in [5, 5.41) is 10.4. The summed E-state index contributed by atoms with van der Waals surface area (Å²) >= 11 is 5.94. The van der Waals surface area contributed by atoms with Gasteiger partial charge in [-0.2, -0.15) is 0 Å². The highest BCUT2D eigenvalue weighted by atomic mass is 35.5. The second-order valence-electron chi connectivity index (χ2n) is 7.27. The number of hydrogen-bond acceptors (Lipinski definition) is 3. The Hall–Kier alpha value is -2.78. The van der Waals surface area contributed by atoms with Crippen LogP contribution in [-0.2, 0) is 16.6 Å². The number of halogens is 1. The summed E-state index contributed by atoms with van der Waals surface area (Å²) < 4.78 is 28.3. The quantitative estimate of drug-likeness (QED) is 0.577. The predicted octanol–water partition coefficient (Wildman–Crippen LogP) is 4.86. The molecule has 3 aromatic rings. The van der Waals surface area contributed by atoms with E-state index in [0.29, 0.717) is 16.3 Å². The van der Waals surface area contributed by atoms with E-state index in [1.165, 1.54) is 16.4 Å². The summed E-state index contributed by atoms with van der Waals surface area (Å²) in [5.74, 6) is 5.76. The molecule has 0 aromatic heterocycles. The fraction of sp³-hybridized carbons (Fsp3) is 0.167. The second-order valence-corrected chi connectivity index (χ2v) is 9.57. The van der Waals surface area contributed by atoms with Crippen molar-refractivity contribution >= 4 is 27.3 Å². The summed E-state index contributed by atoms with van der Waals surface area (Å²) in [6, 6.07) is 22.3. The van der Waals surface area contributed by atoms with Crippen molar-refractivity contribution in [1.29, 1.82) is 0 Å². The van der Waals surface area contributed by atoms with Crippen LogP contribution in [0.1, 0.15) is 25.0 Å². The minimum atomic E-state index is -3.85. The van der Waals surface area contributed by atoms with E-state index in [-0.39, 0.29) is 11.4 Å². The van der Waals surface area contributed by atoms with Crippen molar-refractivity contribution in [2.75, 3.05) is 4.31 Å². The molecule has 0 bridgehead atoms. The number of para-hydroxylation sites is 1. The van der Waals surface area contributed by atoms with E-state index in [1.54, 1.807) is 50.2 Å². The van der Waals surface area contributed by atoms with Gasteiger partial charge in [-0.05, 0) is 61.9 Å². The molecule has 3 rings (SSSR count). The van der Waals surface area contributed by atoms with E-state index in [1.807, 2.05) is 30.3 Å². The number of anilines is 1. The Balaban J connectivity index is 2.08. The Kier molecular flexibility index (Phi) is 6.52. The maximum atomic E-state index is 13.5. The molecule has 0 aliphatic rings. The molecule has 4 nitrogen and oxygen atoms in total. The molecule has 0 aliphatic heterocycles. The Bertz CT molecular complexity index is 1170. The molecule has 3 aromatic carbocycles. The van der Waals surface area contributed by atoms with E-state index >= 15 is 0 Å². The van der Waals surface area contributed by atoms with Gasteiger partial charge in [-0.15, -0.1) is 0 Å². The zero-order valence-corrected chi connectivity index (χ0v) is 18.3. The molecule has 0 aliphatic carbocycles. The summed E-state index contributed by atoms with van der Waals surface area (Å²) in [7, 11) is -3.85. The molecule has 0 amide bonds. The van der Waals surface area contributed by atoms with Gasteiger partial charge in [-0.25, -0.2) is 8.42 Å². The number of rotatable bonds is 5. The summed E-state index contributed by atoms with van der Waals surface area (Å²) in [4.78, 5) is 0.149. The molecule has 0 radical (unpaired) electrons. The molecular formula is C24H22ClNO3S. The molecule has 0 atom stereocenters. The first-order chi connectivity index (χ1) is 14.2. The van der Waals surface area contributed by atoms with Crippen LogP contribution in [0.25, 0.3) is 0 Å². The zero-order chi connectivity index (χ0) is 21.8. The van der Waals surface area contributed by atoms with Crippen LogP contribution in [0.5, 0.6) is 0 Å². The van der Waals surface area contributed by atoms with Crippen molar-refractivity contribution in [1.82, 2.24) is 0 Å². The Morgan fingerprint density at radius 3 is 2.17 bits per heavy atom. The van der Waals surface area contributed by atoms with Gasteiger partial charge >= 0.3 is 0 Å². The normalized spacial score (nSPS) is 11.5. The largest absolute Gasteiger partial charge is 0.378 e. The van der Waals surface area contributed by atoms with E-state index in [2.05, 4.69) is 11.8 Å². The van der Waals surface area contributed by atoms with Crippen LogP contribution in [0.3, 0.4) is 0 Å². The average molecular weight is 440 g/mol. The fourth-order valence-electron chi connectivity index (χ4n) is 2.80. The fourth-order valence-corrected chi connectivity index (χ4v) is 4.37. The van der Waals surface area contributed by atoms with E-state index in [4.69, 9.17) is 11.6 Å². The standard InChI is InChI=1S/C24H22ClNO3S/c1-24(2,27)17-16-19-8-6-7-9-20(19)18-26(22-10-4-3-5-11-22)30(28,29)23-14-12-21(25)13-15-23/h3-15,27H,18H2,1-2H3. The highest BCUT2D eigenvalue weighted by molar-refractivity contribution is 7.92. The van der Waals surface area contributed by atoms with Gasteiger partial charge in [0.05, 0.1) is 17.1 Å². The molecule has 0 saturated heterocycles. The van der Waals surface area contributed by atoms with E-state index in [9.17, 15) is 13.5 Å². The number of aliphatic hydroxyl groups is 1. The monoisotopic (exact) mass is 439 g/mol. The van der Waals surface area contributed by atoms with Crippen LogP contribution in [-0.4, -0.2) is 19.1 Å². The van der Waals surface area contributed by atoms with Crippen molar-refractivity contribution in [2.24, 2.45) is 0 Å². The zero-order valence-electron chi connectivity index (χ0n) is 16.7. The lowest BCUT2D eigenvalue weighted by Crippen LogP contribution is -2.30. The molecule has 30 heavy (non-hydrogen) atoms. The lowest BCUT2D eigenvalue weighted by Gasteiger charge is -2.25. The SMILES string of the molecule is CC(C)(O)C#Cc1ccccc1CN(c1ccccc1)S(=O)(=O)c1ccc(Cl)cc1. The maximum absolute atomic E-state index is 13.5. The molecule has 1 N–H and O–H groups in total. The number of hydrogen-bond donors (Lipinski definition) is 1. The predicted molar refractivity (Wildman–Crippen MR) is 121 cm³/mol. The number of nitrogens with zero attached hydrogens (tertiary/aromatic N) is 1. The Morgan fingerprint density at radius 1 is 0.933 bits per heavy atom. The van der Waals surface area contributed by atoms with Crippen LogP contribution >= 0.6 is 11.6 Å². The van der Waals surface area contributed by atoms with E-state index < -0.39 is 15.6 Å². The molecule has 0 heterocycles. The van der Waals surface area contributed by atoms with Gasteiger partial charge < -0.3 is 5.11 Å². The molecule has 6 heteroatoms. The minimum absolute atomic E-state index is 0.0890. The van der Waals surface area contributed by atoms with Crippen LogP contribution in [0.4, 0.5) is 5.69 Å². The molecule has 154 valence electrons. The second kappa shape index (κ2) is 8.93. The van der Waals surface area contributed by atoms with Crippen LogP contribution < -0.4 is 4.31 Å². The molecule has 0 fully saturated rings. The molecular weight excluding hydrogens is 418 g/mol. The van der Waals surface area contributed by atoms with Crippen molar-refractivity contribution in [3.63, 3.8) is 0 Å². The van der Waals surface area contributed by atoms with Gasteiger partial charge in [-0.3, -0.25) is 4.31 Å². The molecule has 0 spiro atoms. The average Bonchev–Trinajstić information content (AvgIpc) is 2.71. The third-order valence-electron chi connectivity index (χ3n) is 4.28. The third kappa shape index (κ3) is 5.43. The molecule has 0 unspecified atom stereocenters. The van der Waals surface area contributed by atoms with Crippen molar-refractivity contribution < 1.29 is 13.5 Å². The highest BCUT2D eigenvalue weighted by Crippen LogP contribution is 2.27. The summed E-state index contributed by atoms with van der Waals surface area (Å²) in [6.07, 6.45) is 0. The van der Waals surface area contributed by atoms with Crippen LogP contribution in [0, 0.1) is 11.8 Å². The summed E-state index contributed by atoms with van der Waals surface area (Å²) in [5.41, 5.74) is 0.780. The minimum Gasteiger partial charge on any atom is -0.378 e. The topological polar surface area (TPSA) is 57.6 Å². The van der Waals surface area contributed by atoms with Crippen LogP contribution in [0.2, 0.25) is 5.02 Å². The molecule has 0 saturated carbocycles. The number of sulfonamides is 1. The maximum Gasteiger partial charge on any atom is 0.264 e. The van der Waals surface area contributed by atoms with Crippen LogP contribution in [0.15, 0.2) is 83.8 Å². The van der Waals surface area contributed by atoms with Crippen molar-refractivity contribution in [2.45, 2.75) is 30.9 Å². The summed E-state index contributed by atoms with van der Waals surface area (Å²) in [6.45, 7) is 3.29. The van der Waals surface area contributed by atoms with Gasteiger partial charge in [0.25, 0.3) is 10.0 Å².